The Morgan fingerprint density at radius 2 is 1.82 bits per heavy atom. The number of benzene rings is 3. The van der Waals surface area contributed by atoms with Crippen LogP contribution >= 0.6 is 0 Å². The van der Waals surface area contributed by atoms with Gasteiger partial charge in [-0.05, 0) is 52.3 Å². The summed E-state index contributed by atoms with van der Waals surface area (Å²) in [5, 5.41) is 1.08. The molecule has 2 heterocycles. The first-order valence-corrected chi connectivity index (χ1v) is 10.7. The number of rotatable bonds is 2. The molecule has 0 aliphatic heterocycles. The van der Waals surface area contributed by atoms with Crippen LogP contribution in [0.1, 0.15) is 73.4 Å². The zero-order chi connectivity index (χ0) is 34.0. The van der Waals surface area contributed by atoms with Gasteiger partial charge in [-0.1, -0.05) is 69.9 Å². The normalized spacial score (nSPS) is 21.9. The number of furan rings is 1. The van der Waals surface area contributed by atoms with E-state index >= 15 is 0 Å². The van der Waals surface area contributed by atoms with Crippen molar-refractivity contribution in [2.24, 2.45) is 7.05 Å². The first-order chi connectivity index (χ1) is 21.1. The van der Waals surface area contributed by atoms with E-state index in [1.54, 1.807) is 48.0 Å². The summed E-state index contributed by atoms with van der Waals surface area (Å²) in [4.78, 5) is 0. The number of aryl methyl sites for hydroxylation is 2. The Kier molecular flexibility index (Phi) is 2.21. The quantitative estimate of drug-likeness (QED) is 0.253. The second-order valence-corrected chi connectivity index (χ2v) is 8.68. The highest BCUT2D eigenvalue weighted by atomic mass is 16.3. The largest absolute Gasteiger partial charge is 0.455 e. The molecule has 2 nitrogen and oxygen atoms in total. The molecule has 6 rings (SSSR count). The SMILES string of the molecule is [2H]C([2H])([2H])C([2H])(c1cc[n+](C)c(-c2c(C)ccc3c2oc2ccc4c(c23)-c2ccccc2C4(C([2H])([2H])[2H])C([2H])([2H])[2H])c1)C([2H])([2H])[2H]. The van der Waals surface area contributed by atoms with Crippen LogP contribution in [0.2, 0.25) is 0 Å². The Bertz CT molecular complexity index is 2020. The minimum absolute atomic E-state index is 0.146. The summed E-state index contributed by atoms with van der Waals surface area (Å²) in [6.07, 6.45) is 1.50. The van der Waals surface area contributed by atoms with Gasteiger partial charge in [0.25, 0.3) is 0 Å². The van der Waals surface area contributed by atoms with Gasteiger partial charge in [0.1, 0.15) is 18.2 Å². The van der Waals surface area contributed by atoms with Gasteiger partial charge in [-0.3, -0.25) is 0 Å². The zero-order valence-electron chi connectivity index (χ0n) is 31.2. The molecule has 0 radical (unpaired) electrons. The maximum absolute atomic E-state index is 8.74. The van der Waals surface area contributed by atoms with Crippen LogP contribution in [0.25, 0.3) is 44.3 Å². The standard InChI is InChI=1S/C31H30NO/c1-18(2)20-15-16-32(6)25(17-20)27-19(3)11-12-22-29-26(33-30(22)27)14-13-24-28(29)21-9-7-8-10-23(21)31(24,4)5/h7-18H,1-6H3/q+1/i1D3,2D3,4D3,5D3,18D. The number of hydrogen-bond donors (Lipinski definition) is 0. The van der Waals surface area contributed by atoms with Crippen molar-refractivity contribution in [3.05, 3.63) is 89.1 Å². The van der Waals surface area contributed by atoms with Crippen molar-refractivity contribution in [3.8, 4) is 22.4 Å². The number of nitrogens with zero attached hydrogens (tertiary/aromatic N) is 1. The molecule has 5 aromatic rings. The Morgan fingerprint density at radius 3 is 2.64 bits per heavy atom. The highest BCUT2D eigenvalue weighted by molar-refractivity contribution is 6.17. The van der Waals surface area contributed by atoms with Gasteiger partial charge in [0.05, 0.1) is 5.56 Å². The van der Waals surface area contributed by atoms with Crippen molar-refractivity contribution in [2.75, 3.05) is 0 Å². The molecule has 0 atom stereocenters. The molecule has 2 aromatic heterocycles. The van der Waals surface area contributed by atoms with Crippen LogP contribution < -0.4 is 4.57 Å². The van der Waals surface area contributed by atoms with Crippen LogP contribution in [0.5, 0.6) is 0 Å². The van der Waals surface area contributed by atoms with Gasteiger partial charge >= 0.3 is 0 Å². The van der Waals surface area contributed by atoms with E-state index in [1.165, 1.54) is 24.4 Å². The summed E-state index contributed by atoms with van der Waals surface area (Å²) in [7, 11) is 1.70. The van der Waals surface area contributed by atoms with Gasteiger partial charge < -0.3 is 4.42 Å². The first kappa shape index (κ1) is 10.7. The van der Waals surface area contributed by atoms with Crippen molar-refractivity contribution in [1.82, 2.24) is 0 Å². The molecular formula is C31H30NO+. The van der Waals surface area contributed by atoms with Crippen molar-refractivity contribution < 1.29 is 26.8 Å². The molecule has 0 N–H and O–H groups in total. The van der Waals surface area contributed by atoms with Crippen LogP contribution in [0, 0.1) is 6.92 Å². The summed E-state index contributed by atoms with van der Waals surface area (Å²) >= 11 is 0. The van der Waals surface area contributed by atoms with E-state index in [2.05, 4.69) is 0 Å². The van der Waals surface area contributed by atoms with Crippen molar-refractivity contribution in [2.45, 2.75) is 45.6 Å². The Hall–Kier alpha value is -3.39. The van der Waals surface area contributed by atoms with E-state index < -0.39 is 38.7 Å². The molecule has 0 unspecified atom stereocenters. The monoisotopic (exact) mass is 445 g/mol. The van der Waals surface area contributed by atoms with E-state index in [0.717, 1.165) is 0 Å². The maximum atomic E-state index is 8.74. The molecule has 0 bridgehead atoms. The Labute approximate surface area is 213 Å². The highest BCUT2D eigenvalue weighted by Gasteiger charge is 2.37. The molecule has 2 heteroatoms. The molecule has 0 amide bonds. The van der Waals surface area contributed by atoms with Crippen molar-refractivity contribution in [1.29, 1.82) is 0 Å². The van der Waals surface area contributed by atoms with Gasteiger partial charge in [-0.15, -0.1) is 0 Å². The fraction of sp³-hybridized carbons (Fsp3) is 0.258. The number of hydrogen-bond acceptors (Lipinski definition) is 1. The van der Waals surface area contributed by atoms with E-state index in [-0.39, 0.29) is 16.7 Å². The fourth-order valence-corrected chi connectivity index (χ4v) is 5.09. The van der Waals surface area contributed by atoms with Gasteiger partial charge in [-0.2, -0.15) is 0 Å². The summed E-state index contributed by atoms with van der Waals surface area (Å²) in [5.41, 5.74) is 1.07. The lowest BCUT2D eigenvalue weighted by Gasteiger charge is -2.21. The van der Waals surface area contributed by atoms with Crippen LogP contribution in [0.3, 0.4) is 0 Å². The highest BCUT2D eigenvalue weighted by Crippen LogP contribution is 2.53. The molecule has 164 valence electrons. The third-order valence-electron chi connectivity index (χ3n) is 6.71. The summed E-state index contributed by atoms with van der Waals surface area (Å²) in [6, 6.07) is 16.0. The molecule has 0 saturated heterocycles. The predicted molar refractivity (Wildman–Crippen MR) is 137 cm³/mol. The van der Waals surface area contributed by atoms with E-state index in [9.17, 15) is 0 Å². The van der Waals surface area contributed by atoms with E-state index in [4.69, 9.17) is 22.2 Å². The van der Waals surface area contributed by atoms with E-state index in [1.807, 2.05) is 13.0 Å². The van der Waals surface area contributed by atoms with Crippen LogP contribution in [-0.2, 0) is 12.5 Å². The second kappa shape index (κ2) is 6.81. The molecule has 3 aromatic carbocycles. The average Bonchev–Trinajstić information content (AvgIpc) is 3.45. The minimum Gasteiger partial charge on any atom is -0.455 e. The Morgan fingerprint density at radius 1 is 0.970 bits per heavy atom. The molecule has 0 fully saturated rings. The summed E-state index contributed by atoms with van der Waals surface area (Å²) in [6.45, 7) is -10.4. The van der Waals surface area contributed by atoms with Crippen molar-refractivity contribution in [3.63, 3.8) is 0 Å². The third kappa shape index (κ3) is 2.70. The van der Waals surface area contributed by atoms with Gasteiger partial charge in [0, 0.05) is 46.1 Å². The van der Waals surface area contributed by atoms with Gasteiger partial charge in [0.2, 0.25) is 5.69 Å². The van der Waals surface area contributed by atoms with Gasteiger partial charge in [-0.25, -0.2) is 4.57 Å². The predicted octanol–water partition coefficient (Wildman–Crippen LogP) is 7.82. The molecule has 33 heavy (non-hydrogen) atoms. The number of aromatic nitrogens is 1. The lowest BCUT2D eigenvalue weighted by Crippen LogP contribution is -2.31. The lowest BCUT2D eigenvalue weighted by molar-refractivity contribution is -0.660. The fourth-order valence-electron chi connectivity index (χ4n) is 5.09. The van der Waals surface area contributed by atoms with E-state index in [0.29, 0.717) is 49.9 Å². The zero-order valence-corrected chi connectivity index (χ0v) is 18.2. The lowest BCUT2D eigenvalue weighted by atomic mass is 9.82. The van der Waals surface area contributed by atoms with Gasteiger partial charge in [0.15, 0.2) is 6.20 Å². The third-order valence-corrected chi connectivity index (χ3v) is 6.71. The minimum atomic E-state index is -3.18. The maximum Gasteiger partial charge on any atom is 0.216 e. The first-order valence-electron chi connectivity index (χ1n) is 17.2. The molecule has 0 spiro atoms. The van der Waals surface area contributed by atoms with Crippen LogP contribution in [0.4, 0.5) is 0 Å². The van der Waals surface area contributed by atoms with Crippen LogP contribution in [0.15, 0.2) is 71.3 Å². The average molecular weight is 446 g/mol. The molecular weight excluding hydrogens is 402 g/mol. The smallest absolute Gasteiger partial charge is 0.216 e. The van der Waals surface area contributed by atoms with Crippen molar-refractivity contribution >= 4 is 21.9 Å². The number of pyridine rings is 1. The molecule has 0 saturated carbocycles. The molecule has 1 aliphatic carbocycles. The topological polar surface area (TPSA) is 17.0 Å². The van der Waals surface area contributed by atoms with Crippen LogP contribution in [-0.4, -0.2) is 0 Å². The number of fused-ring (bicyclic) bond motifs is 7. The molecule has 1 aliphatic rings. The Balaban J connectivity index is 1.72. The summed E-state index contributed by atoms with van der Waals surface area (Å²) < 4.78 is 116. The summed E-state index contributed by atoms with van der Waals surface area (Å²) in [5.74, 6) is -2.92. The second-order valence-electron chi connectivity index (χ2n) is 8.68.